The van der Waals surface area contributed by atoms with E-state index < -0.39 is 0 Å². The lowest BCUT2D eigenvalue weighted by Crippen LogP contribution is -1.86. The molecule has 0 saturated heterocycles. The molecule has 0 fully saturated rings. The summed E-state index contributed by atoms with van der Waals surface area (Å²) in [4.78, 5) is 11.7. The van der Waals surface area contributed by atoms with Gasteiger partial charge < -0.3 is 4.85 Å². The third kappa shape index (κ3) is 4.81. The molecule has 9 aromatic rings. The summed E-state index contributed by atoms with van der Waals surface area (Å²) >= 11 is 1.84. The molecule has 4 nitrogen and oxygen atoms in total. The van der Waals surface area contributed by atoms with Gasteiger partial charge in [0.1, 0.15) is 18.0 Å². The van der Waals surface area contributed by atoms with Gasteiger partial charge in [-0.1, -0.05) is 104 Å². The highest BCUT2D eigenvalue weighted by molar-refractivity contribution is 7.26. The van der Waals surface area contributed by atoms with Crippen molar-refractivity contribution in [1.82, 2.24) is 9.97 Å². The molecule has 0 atom stereocenters. The summed E-state index contributed by atoms with van der Waals surface area (Å²) in [5.74, 6) is 0.399. The number of aromatic nitrogens is 2. The minimum Gasteiger partial charge on any atom is -0.361 e. The standard InChI is InChI=1S/C44H24N4S/c1-46-42-23-32(19-21-48-42)28-12-16-30(17-13-28)39-25-41-44(37-9-5-3-7-35(37)39)43-36-8-4-2-6-34(36)38(24-40(43)49-41)29-14-10-27(11-15-29)31-18-20-47-33(22-31)26-45/h2-25H. The van der Waals surface area contributed by atoms with Gasteiger partial charge in [-0.3, -0.25) is 0 Å². The molecule has 0 unspecified atom stereocenters. The SMILES string of the molecule is [C-]#[N+]c1cc(-c2ccc(-c3cc4sc5cc(-c6ccc(-c7ccnc(C#N)c7)cc6)c6ccccc6c5c4c4ccccc34)cc2)ccn1. The smallest absolute Gasteiger partial charge is 0.270 e. The Labute approximate surface area is 286 Å². The van der Waals surface area contributed by atoms with Gasteiger partial charge in [0.05, 0.1) is 0 Å². The van der Waals surface area contributed by atoms with Gasteiger partial charge in [0.15, 0.2) is 0 Å². The molecule has 0 amide bonds. The maximum absolute atomic E-state index is 9.32. The molecule has 0 N–H and O–H groups in total. The van der Waals surface area contributed by atoms with Crippen molar-refractivity contribution >= 4 is 58.9 Å². The highest BCUT2D eigenvalue weighted by Gasteiger charge is 2.18. The number of rotatable bonds is 4. The number of thiophene rings is 1. The number of benzene rings is 6. The van der Waals surface area contributed by atoms with E-state index in [1.165, 1.54) is 52.8 Å². The van der Waals surface area contributed by atoms with Crippen LogP contribution in [0.25, 0.3) is 91.1 Å². The normalized spacial score (nSPS) is 11.2. The first-order valence-corrected chi connectivity index (χ1v) is 16.7. The van der Waals surface area contributed by atoms with Crippen molar-refractivity contribution in [2.45, 2.75) is 0 Å². The van der Waals surface area contributed by atoms with Crippen molar-refractivity contribution < 1.29 is 0 Å². The molecule has 226 valence electrons. The molecule has 0 aliphatic rings. The van der Waals surface area contributed by atoms with Crippen LogP contribution in [0.4, 0.5) is 5.82 Å². The van der Waals surface area contributed by atoms with Gasteiger partial charge in [-0.05, 0) is 102 Å². The van der Waals surface area contributed by atoms with Gasteiger partial charge in [0.2, 0.25) is 0 Å². The highest BCUT2D eigenvalue weighted by atomic mass is 32.1. The average Bonchev–Trinajstić information content (AvgIpc) is 3.56. The van der Waals surface area contributed by atoms with Gasteiger partial charge in [-0.15, -0.1) is 16.3 Å². The van der Waals surface area contributed by atoms with Crippen LogP contribution in [-0.2, 0) is 0 Å². The molecule has 0 saturated carbocycles. The van der Waals surface area contributed by atoms with E-state index in [0.29, 0.717) is 11.5 Å². The molecule has 3 heterocycles. The van der Waals surface area contributed by atoms with E-state index in [1.54, 1.807) is 12.4 Å². The Bertz CT molecular complexity index is 2640. The number of pyridine rings is 2. The molecule has 49 heavy (non-hydrogen) atoms. The first-order chi connectivity index (χ1) is 24.2. The number of nitrogens with zero attached hydrogens (tertiary/aromatic N) is 4. The minimum atomic E-state index is 0.399. The second-order valence-corrected chi connectivity index (χ2v) is 13.1. The summed E-state index contributed by atoms with van der Waals surface area (Å²) < 4.78 is 2.51. The second-order valence-electron chi connectivity index (χ2n) is 12.0. The van der Waals surface area contributed by atoms with Gasteiger partial charge in [-0.25, -0.2) is 4.98 Å². The van der Waals surface area contributed by atoms with Crippen LogP contribution in [0, 0.1) is 17.9 Å². The van der Waals surface area contributed by atoms with Crippen LogP contribution in [0.1, 0.15) is 5.69 Å². The number of fused-ring (bicyclic) bond motifs is 7. The maximum atomic E-state index is 9.32. The van der Waals surface area contributed by atoms with Crippen molar-refractivity contribution in [3.05, 3.63) is 163 Å². The van der Waals surface area contributed by atoms with E-state index in [0.717, 1.165) is 33.4 Å². The first-order valence-electron chi connectivity index (χ1n) is 15.9. The predicted molar refractivity (Wildman–Crippen MR) is 203 cm³/mol. The Morgan fingerprint density at radius 3 is 1.49 bits per heavy atom. The molecule has 3 aromatic heterocycles. The molecule has 0 radical (unpaired) electrons. The van der Waals surface area contributed by atoms with Gasteiger partial charge >= 0.3 is 0 Å². The van der Waals surface area contributed by atoms with E-state index in [2.05, 4.69) is 130 Å². The largest absolute Gasteiger partial charge is 0.361 e. The summed E-state index contributed by atoms with van der Waals surface area (Å²) in [6, 6.07) is 49.1. The maximum Gasteiger partial charge on any atom is 0.270 e. The quantitative estimate of drug-likeness (QED) is 0.180. The van der Waals surface area contributed by atoms with Crippen molar-refractivity contribution in [1.29, 1.82) is 5.26 Å². The summed E-state index contributed by atoms with van der Waals surface area (Å²) in [7, 11) is 0. The van der Waals surface area contributed by atoms with Crippen molar-refractivity contribution in [3.8, 4) is 50.6 Å². The van der Waals surface area contributed by atoms with Gasteiger partial charge in [-0.2, -0.15) is 5.26 Å². The molecule has 0 spiro atoms. The molecule has 9 rings (SSSR count). The van der Waals surface area contributed by atoms with Crippen molar-refractivity contribution in [2.75, 3.05) is 0 Å². The zero-order chi connectivity index (χ0) is 32.9. The zero-order valence-electron chi connectivity index (χ0n) is 26.1. The van der Waals surface area contributed by atoms with Crippen LogP contribution in [0.2, 0.25) is 0 Å². The Morgan fingerprint density at radius 2 is 0.980 bits per heavy atom. The molecular weight excluding hydrogens is 617 g/mol. The van der Waals surface area contributed by atoms with Crippen LogP contribution < -0.4 is 0 Å². The molecule has 5 heteroatoms. The summed E-state index contributed by atoms with van der Waals surface area (Å²) in [6.45, 7) is 7.33. The average molecular weight is 641 g/mol. The first kappa shape index (κ1) is 28.6. The lowest BCUT2D eigenvalue weighted by Gasteiger charge is -2.12. The van der Waals surface area contributed by atoms with Crippen LogP contribution >= 0.6 is 11.3 Å². The predicted octanol–water partition coefficient (Wildman–Crippen LogP) is 12.2. The Balaban J connectivity index is 1.21. The monoisotopic (exact) mass is 640 g/mol. The van der Waals surface area contributed by atoms with E-state index >= 15 is 0 Å². The summed E-state index contributed by atoms with van der Waals surface area (Å²) in [5.41, 5.74) is 9.19. The molecule has 0 aliphatic carbocycles. The molecular formula is C44H24N4S. The van der Waals surface area contributed by atoms with Gasteiger partial charge in [0.25, 0.3) is 5.82 Å². The Morgan fingerprint density at radius 1 is 0.510 bits per heavy atom. The number of hydrogen-bond donors (Lipinski definition) is 0. The second kappa shape index (κ2) is 11.5. The van der Waals surface area contributed by atoms with Crippen LogP contribution in [0.3, 0.4) is 0 Å². The van der Waals surface area contributed by atoms with Gasteiger partial charge in [0, 0.05) is 26.4 Å². The molecule has 0 bridgehead atoms. The minimum absolute atomic E-state index is 0.399. The zero-order valence-corrected chi connectivity index (χ0v) is 26.9. The lowest BCUT2D eigenvalue weighted by molar-refractivity contribution is 1.26. The third-order valence-electron chi connectivity index (χ3n) is 9.28. The van der Waals surface area contributed by atoms with Crippen molar-refractivity contribution in [2.24, 2.45) is 0 Å². The fourth-order valence-electron chi connectivity index (χ4n) is 6.99. The Kier molecular flexibility index (Phi) is 6.73. The van der Waals surface area contributed by atoms with E-state index in [9.17, 15) is 5.26 Å². The number of hydrogen-bond acceptors (Lipinski definition) is 4. The summed E-state index contributed by atoms with van der Waals surface area (Å²) in [5, 5.41) is 16.8. The van der Waals surface area contributed by atoms with Crippen LogP contribution in [0.5, 0.6) is 0 Å². The fraction of sp³-hybridized carbons (Fsp3) is 0. The van der Waals surface area contributed by atoms with E-state index in [1.807, 2.05) is 35.6 Å². The topological polar surface area (TPSA) is 53.9 Å². The number of nitriles is 1. The van der Waals surface area contributed by atoms with Crippen LogP contribution in [0.15, 0.2) is 146 Å². The molecule has 6 aromatic carbocycles. The third-order valence-corrected chi connectivity index (χ3v) is 10.4. The van der Waals surface area contributed by atoms with E-state index in [-0.39, 0.29) is 0 Å². The van der Waals surface area contributed by atoms with Crippen LogP contribution in [-0.4, -0.2) is 9.97 Å². The van der Waals surface area contributed by atoms with Crippen molar-refractivity contribution in [3.63, 3.8) is 0 Å². The molecule has 0 aliphatic heterocycles. The van der Waals surface area contributed by atoms with E-state index in [4.69, 9.17) is 6.57 Å². The summed E-state index contributed by atoms with van der Waals surface area (Å²) in [6.07, 6.45) is 3.38. The fourth-order valence-corrected chi connectivity index (χ4v) is 8.21. The lowest BCUT2D eigenvalue weighted by atomic mass is 9.91. The Hall–Kier alpha value is -6.66. The highest BCUT2D eigenvalue weighted by Crippen LogP contribution is 2.47.